The van der Waals surface area contributed by atoms with Crippen LogP contribution < -0.4 is 0 Å². The normalized spacial score (nSPS) is 14.6. The van der Waals surface area contributed by atoms with Crippen LogP contribution in [0.5, 0.6) is 0 Å². The van der Waals surface area contributed by atoms with E-state index in [2.05, 4.69) is 0 Å². The highest BCUT2D eigenvalue weighted by Crippen LogP contribution is 2.08. The van der Waals surface area contributed by atoms with Crippen molar-refractivity contribution in [3.8, 4) is 0 Å². The third kappa shape index (κ3) is 29.7. The highest BCUT2D eigenvalue weighted by Gasteiger charge is 2.10. The fraction of sp³-hybridized carbons (Fsp3) is 0.583. The molecule has 0 bridgehead atoms. The lowest BCUT2D eigenvalue weighted by Crippen LogP contribution is -2.18. The Balaban J connectivity index is 0. The number of hydrogen-bond donors (Lipinski definition) is 7. The number of aliphatic carboxylic acids is 2. The van der Waals surface area contributed by atoms with E-state index < -0.39 is 24.1 Å². The lowest BCUT2D eigenvalue weighted by molar-refractivity contribution is -0.132. The van der Waals surface area contributed by atoms with Crippen LogP contribution in [0.3, 0.4) is 0 Å². The van der Waals surface area contributed by atoms with Crippen molar-refractivity contribution in [1.29, 1.82) is 0 Å². The van der Waals surface area contributed by atoms with Crippen LogP contribution in [0.2, 0.25) is 0 Å². The summed E-state index contributed by atoms with van der Waals surface area (Å²) in [6.45, 7) is 0.0837. The Labute approximate surface area is 195 Å². The van der Waals surface area contributed by atoms with Crippen LogP contribution in [0.4, 0.5) is 0 Å². The molecule has 0 amide bonds. The molecule has 33 heavy (non-hydrogen) atoms. The molecule has 0 aromatic heterocycles. The van der Waals surface area contributed by atoms with Crippen molar-refractivity contribution in [1.82, 2.24) is 0 Å². The summed E-state index contributed by atoms with van der Waals surface area (Å²) in [4.78, 5) is 20.2. The largest absolute Gasteiger partial charge is 0.478 e. The van der Waals surface area contributed by atoms with E-state index >= 15 is 0 Å². The number of hydrogen-bond acceptors (Lipinski definition) is 7. The van der Waals surface area contributed by atoms with Gasteiger partial charge in [0.2, 0.25) is 0 Å². The highest BCUT2D eigenvalue weighted by molar-refractivity contribution is 5.80. The Bertz CT molecular complexity index is 597. The number of aliphatic hydroxyl groups excluding tert-OH is 5. The van der Waals surface area contributed by atoms with Crippen LogP contribution in [-0.2, 0) is 9.59 Å². The Morgan fingerprint density at radius 1 is 0.606 bits per heavy atom. The summed E-state index contributed by atoms with van der Waals surface area (Å²) in [5.74, 6) is -1.96. The standard InChI is InChI=1S/C12H20O5.C12H20O4/c13-8-7-11(15)9-10(14)5-3-1-2-4-6-12(16)17;13-10-6-5-8-11(14)7-3-1-2-4-9-12(15)16/h1-2,4,6,10-11,13-15H,3,5,7-9H2,(H,16,17);1-2,4,9,11,13-14H,3,5-8,10H2,(H,15,16)/b2-1+,6-4+;2-1+,9-4+. The number of carboxylic acids is 2. The van der Waals surface area contributed by atoms with E-state index in [0.29, 0.717) is 25.7 Å². The summed E-state index contributed by atoms with van der Waals surface area (Å²) >= 11 is 0. The van der Waals surface area contributed by atoms with Crippen molar-refractivity contribution < 1.29 is 45.3 Å². The van der Waals surface area contributed by atoms with Crippen molar-refractivity contribution in [3.05, 3.63) is 48.6 Å². The average Bonchev–Trinajstić information content (AvgIpc) is 2.73. The Hall–Kier alpha value is -2.30. The Morgan fingerprint density at radius 3 is 1.55 bits per heavy atom. The Kier molecular flexibility index (Phi) is 24.3. The van der Waals surface area contributed by atoms with Crippen molar-refractivity contribution in [2.24, 2.45) is 0 Å². The molecule has 0 aliphatic rings. The van der Waals surface area contributed by atoms with Gasteiger partial charge in [0.25, 0.3) is 0 Å². The van der Waals surface area contributed by atoms with E-state index in [-0.39, 0.29) is 32.2 Å². The number of rotatable bonds is 18. The predicted octanol–water partition coefficient (Wildman–Crippen LogP) is 1.94. The van der Waals surface area contributed by atoms with Gasteiger partial charge in [-0.15, -0.1) is 0 Å². The van der Waals surface area contributed by atoms with Gasteiger partial charge in [0, 0.05) is 25.4 Å². The maximum Gasteiger partial charge on any atom is 0.328 e. The number of aliphatic hydroxyl groups is 5. The first-order valence-corrected chi connectivity index (χ1v) is 11.1. The quantitative estimate of drug-likeness (QED) is 0.0892. The molecule has 0 saturated heterocycles. The van der Waals surface area contributed by atoms with E-state index in [1.54, 1.807) is 18.2 Å². The van der Waals surface area contributed by atoms with E-state index in [0.717, 1.165) is 31.4 Å². The molecular weight excluding hydrogens is 432 g/mol. The molecule has 0 aliphatic heterocycles. The molecule has 0 aromatic carbocycles. The molecule has 190 valence electrons. The van der Waals surface area contributed by atoms with Crippen LogP contribution in [0.1, 0.15) is 57.8 Å². The van der Waals surface area contributed by atoms with Gasteiger partial charge in [-0.25, -0.2) is 9.59 Å². The van der Waals surface area contributed by atoms with Gasteiger partial charge in [-0.05, 0) is 57.8 Å². The van der Waals surface area contributed by atoms with E-state index in [9.17, 15) is 24.9 Å². The number of unbranched alkanes of at least 4 members (excludes halogenated alkanes) is 1. The van der Waals surface area contributed by atoms with Crippen LogP contribution in [0.15, 0.2) is 48.6 Å². The minimum absolute atomic E-state index is 0.0895. The molecule has 3 unspecified atom stereocenters. The first-order chi connectivity index (χ1) is 15.7. The molecule has 0 heterocycles. The summed E-state index contributed by atoms with van der Waals surface area (Å²) in [6, 6.07) is 0. The van der Waals surface area contributed by atoms with Gasteiger partial charge >= 0.3 is 11.9 Å². The lowest BCUT2D eigenvalue weighted by Gasteiger charge is -2.13. The van der Waals surface area contributed by atoms with Crippen LogP contribution in [0.25, 0.3) is 0 Å². The molecular formula is C24H40O9. The van der Waals surface area contributed by atoms with Gasteiger partial charge in [-0.2, -0.15) is 0 Å². The van der Waals surface area contributed by atoms with E-state index in [1.807, 2.05) is 6.08 Å². The third-order valence-corrected chi connectivity index (χ3v) is 4.26. The molecule has 0 rings (SSSR count). The van der Waals surface area contributed by atoms with Gasteiger partial charge in [-0.3, -0.25) is 0 Å². The van der Waals surface area contributed by atoms with Crippen molar-refractivity contribution in [2.45, 2.75) is 76.1 Å². The van der Waals surface area contributed by atoms with Crippen molar-refractivity contribution >= 4 is 11.9 Å². The van der Waals surface area contributed by atoms with Gasteiger partial charge in [-0.1, -0.05) is 36.5 Å². The first kappa shape index (κ1) is 32.9. The Morgan fingerprint density at radius 2 is 1.09 bits per heavy atom. The van der Waals surface area contributed by atoms with Gasteiger partial charge in [0.05, 0.1) is 18.3 Å². The smallest absolute Gasteiger partial charge is 0.328 e. The lowest BCUT2D eigenvalue weighted by atomic mass is 10.1. The molecule has 0 spiro atoms. The molecule has 3 atom stereocenters. The van der Waals surface area contributed by atoms with Gasteiger partial charge in [0.15, 0.2) is 0 Å². The number of carbonyl (C=O) groups is 2. The monoisotopic (exact) mass is 472 g/mol. The van der Waals surface area contributed by atoms with E-state index in [1.165, 1.54) is 12.2 Å². The van der Waals surface area contributed by atoms with Gasteiger partial charge < -0.3 is 35.7 Å². The minimum atomic E-state index is -0.998. The van der Waals surface area contributed by atoms with Crippen LogP contribution in [0, 0.1) is 0 Å². The van der Waals surface area contributed by atoms with Crippen LogP contribution >= 0.6 is 0 Å². The number of carboxylic acid groups (broad SMARTS) is 2. The molecule has 0 aromatic rings. The SMILES string of the molecule is O=C(O)/C=C/C=C/CCC(O)CC(O)CCO.O=C(O)/C=C/C=C/CCC(O)CCCCO. The second-order valence-corrected chi connectivity index (χ2v) is 7.33. The predicted molar refractivity (Wildman–Crippen MR) is 126 cm³/mol. The molecule has 7 N–H and O–H groups in total. The summed E-state index contributed by atoms with van der Waals surface area (Å²) in [6.07, 6.45) is 15.5. The maximum absolute atomic E-state index is 10.1. The third-order valence-electron chi connectivity index (χ3n) is 4.26. The fourth-order valence-corrected chi connectivity index (χ4v) is 2.54. The first-order valence-electron chi connectivity index (χ1n) is 11.1. The molecule has 9 nitrogen and oxygen atoms in total. The second-order valence-electron chi connectivity index (χ2n) is 7.33. The average molecular weight is 473 g/mol. The molecule has 0 saturated carbocycles. The maximum atomic E-state index is 10.1. The zero-order chi connectivity index (χ0) is 25.3. The second kappa shape index (κ2) is 24.3. The van der Waals surface area contributed by atoms with Crippen LogP contribution in [-0.4, -0.2) is 79.2 Å². The summed E-state index contributed by atoms with van der Waals surface area (Å²) in [5, 5.41) is 62.0. The summed E-state index contributed by atoms with van der Waals surface area (Å²) < 4.78 is 0. The summed E-state index contributed by atoms with van der Waals surface area (Å²) in [7, 11) is 0. The molecule has 9 heteroatoms. The molecule has 0 fully saturated rings. The minimum Gasteiger partial charge on any atom is -0.478 e. The zero-order valence-electron chi connectivity index (χ0n) is 19.1. The molecule has 0 aliphatic carbocycles. The zero-order valence-corrected chi connectivity index (χ0v) is 19.1. The van der Waals surface area contributed by atoms with Gasteiger partial charge in [0.1, 0.15) is 0 Å². The van der Waals surface area contributed by atoms with E-state index in [4.69, 9.17) is 20.4 Å². The van der Waals surface area contributed by atoms with Crippen molar-refractivity contribution in [3.63, 3.8) is 0 Å². The summed E-state index contributed by atoms with van der Waals surface area (Å²) in [5.41, 5.74) is 0. The number of allylic oxidation sites excluding steroid dienone is 6. The highest BCUT2D eigenvalue weighted by atomic mass is 16.4. The molecule has 0 radical (unpaired) electrons. The van der Waals surface area contributed by atoms with Crippen molar-refractivity contribution in [2.75, 3.05) is 13.2 Å². The topological polar surface area (TPSA) is 176 Å². The fourth-order valence-electron chi connectivity index (χ4n) is 2.54.